The zero-order chi connectivity index (χ0) is 23.6. The molecule has 0 saturated carbocycles. The lowest BCUT2D eigenvalue weighted by Crippen LogP contribution is -2.47. The van der Waals surface area contributed by atoms with Gasteiger partial charge in [-0.15, -0.1) is 0 Å². The summed E-state index contributed by atoms with van der Waals surface area (Å²) in [5.41, 5.74) is -0.525. The number of aromatic nitrogens is 1. The van der Waals surface area contributed by atoms with E-state index in [2.05, 4.69) is 10.3 Å². The van der Waals surface area contributed by atoms with Crippen LogP contribution in [0.2, 0.25) is 10.2 Å². The molecule has 2 atom stereocenters. The van der Waals surface area contributed by atoms with E-state index in [9.17, 15) is 27.9 Å². The van der Waals surface area contributed by atoms with E-state index in [1.807, 2.05) is 0 Å². The molecule has 12 heteroatoms. The number of rotatable bonds is 4. The highest BCUT2D eigenvalue weighted by Crippen LogP contribution is 2.31. The van der Waals surface area contributed by atoms with Crippen molar-refractivity contribution in [1.82, 2.24) is 14.8 Å². The smallest absolute Gasteiger partial charge is 0.391 e. The van der Waals surface area contributed by atoms with Gasteiger partial charge < -0.3 is 20.2 Å². The van der Waals surface area contributed by atoms with Gasteiger partial charge in [0.15, 0.2) is 5.15 Å². The number of aliphatic hydroxyl groups is 1. The number of benzene rings is 1. The number of alkyl halides is 3. The Balaban J connectivity index is 1.71. The van der Waals surface area contributed by atoms with Crippen LogP contribution >= 0.6 is 23.2 Å². The minimum absolute atomic E-state index is 0.0240. The summed E-state index contributed by atoms with van der Waals surface area (Å²) < 4.78 is 38.2. The SMILES string of the molecule is CN(Cc1ccc(Cl)cc1)C(=O)C1C[C@H](O)CN1C(=O)Nc1ccc(C(F)(F)F)nc1Cl. The highest BCUT2D eigenvalue weighted by molar-refractivity contribution is 6.32. The Labute approximate surface area is 191 Å². The molecule has 1 fully saturated rings. The number of likely N-dealkylation sites (tertiary alicyclic amines) is 1. The molecule has 0 spiro atoms. The lowest BCUT2D eigenvalue weighted by Gasteiger charge is -2.28. The Bertz CT molecular complexity index is 1000. The maximum atomic E-state index is 13.0. The zero-order valence-corrected chi connectivity index (χ0v) is 18.2. The fraction of sp³-hybridized carbons (Fsp3) is 0.350. The van der Waals surface area contributed by atoms with Crippen molar-refractivity contribution in [2.75, 3.05) is 18.9 Å². The largest absolute Gasteiger partial charge is 0.433 e. The van der Waals surface area contributed by atoms with Crippen LogP contribution in [0.5, 0.6) is 0 Å². The van der Waals surface area contributed by atoms with E-state index in [0.29, 0.717) is 11.1 Å². The first kappa shape index (κ1) is 24.1. The van der Waals surface area contributed by atoms with Crippen molar-refractivity contribution >= 4 is 40.8 Å². The summed E-state index contributed by atoms with van der Waals surface area (Å²) in [5.74, 6) is -0.400. The van der Waals surface area contributed by atoms with Gasteiger partial charge in [-0.05, 0) is 29.8 Å². The molecule has 7 nitrogen and oxygen atoms in total. The van der Waals surface area contributed by atoms with Gasteiger partial charge in [-0.2, -0.15) is 13.2 Å². The van der Waals surface area contributed by atoms with Gasteiger partial charge in [0, 0.05) is 31.6 Å². The van der Waals surface area contributed by atoms with Gasteiger partial charge >= 0.3 is 12.2 Å². The zero-order valence-electron chi connectivity index (χ0n) is 16.7. The molecule has 2 heterocycles. The van der Waals surface area contributed by atoms with Crippen molar-refractivity contribution in [1.29, 1.82) is 0 Å². The summed E-state index contributed by atoms with van der Waals surface area (Å²) in [6.07, 6.45) is -5.59. The van der Waals surface area contributed by atoms with Crippen molar-refractivity contribution in [3.05, 3.63) is 57.8 Å². The number of β-amino-alcohol motifs (C(OH)–C–C–N with tert-alkyl or cyclic N) is 1. The Morgan fingerprint density at radius 1 is 1.22 bits per heavy atom. The van der Waals surface area contributed by atoms with Crippen LogP contribution in [0, 0.1) is 0 Å². The topological polar surface area (TPSA) is 85.8 Å². The number of halogens is 5. The molecule has 1 saturated heterocycles. The van der Waals surface area contributed by atoms with E-state index in [0.717, 1.165) is 16.5 Å². The minimum atomic E-state index is -4.68. The third-order valence-electron chi connectivity index (χ3n) is 4.91. The molecule has 0 radical (unpaired) electrons. The molecule has 2 aromatic rings. The molecule has 0 bridgehead atoms. The van der Waals surface area contributed by atoms with Gasteiger partial charge in [-0.3, -0.25) is 4.79 Å². The van der Waals surface area contributed by atoms with Crippen molar-refractivity contribution in [2.24, 2.45) is 0 Å². The normalized spacial score (nSPS) is 18.5. The Kier molecular flexibility index (Phi) is 7.16. The lowest BCUT2D eigenvalue weighted by atomic mass is 10.1. The van der Waals surface area contributed by atoms with Crippen LogP contribution in [0.1, 0.15) is 17.7 Å². The monoisotopic (exact) mass is 490 g/mol. The maximum Gasteiger partial charge on any atom is 0.433 e. The number of urea groups is 1. The van der Waals surface area contributed by atoms with E-state index in [1.165, 1.54) is 4.90 Å². The summed E-state index contributed by atoms with van der Waals surface area (Å²) in [4.78, 5) is 31.5. The van der Waals surface area contributed by atoms with Crippen LogP contribution in [0.3, 0.4) is 0 Å². The number of hydrogen-bond acceptors (Lipinski definition) is 4. The molecular weight excluding hydrogens is 472 g/mol. The maximum absolute atomic E-state index is 13.0. The fourth-order valence-electron chi connectivity index (χ4n) is 3.34. The fourth-order valence-corrected chi connectivity index (χ4v) is 3.67. The predicted molar refractivity (Wildman–Crippen MR) is 112 cm³/mol. The first-order valence-electron chi connectivity index (χ1n) is 9.44. The molecule has 0 aliphatic carbocycles. The van der Waals surface area contributed by atoms with E-state index in [1.54, 1.807) is 31.3 Å². The van der Waals surface area contributed by atoms with Crippen LogP contribution in [-0.4, -0.2) is 57.6 Å². The molecule has 32 heavy (non-hydrogen) atoms. The molecule has 2 N–H and O–H groups in total. The predicted octanol–water partition coefficient (Wildman–Crippen LogP) is 4.03. The third-order valence-corrected chi connectivity index (χ3v) is 5.46. The van der Waals surface area contributed by atoms with E-state index in [4.69, 9.17) is 23.2 Å². The first-order chi connectivity index (χ1) is 15.0. The third kappa shape index (κ3) is 5.62. The van der Waals surface area contributed by atoms with Crippen LogP contribution in [0.4, 0.5) is 23.7 Å². The van der Waals surface area contributed by atoms with Gasteiger partial charge in [-0.1, -0.05) is 35.3 Å². The van der Waals surface area contributed by atoms with E-state index < -0.39 is 41.1 Å². The van der Waals surface area contributed by atoms with E-state index in [-0.39, 0.29) is 25.2 Å². The van der Waals surface area contributed by atoms with Gasteiger partial charge in [0.1, 0.15) is 11.7 Å². The number of carbonyl (C=O) groups is 2. The number of likely N-dealkylation sites (N-methyl/N-ethyl adjacent to an activating group) is 1. The first-order valence-corrected chi connectivity index (χ1v) is 10.2. The Morgan fingerprint density at radius 3 is 2.47 bits per heavy atom. The Hall–Kier alpha value is -2.56. The second kappa shape index (κ2) is 9.51. The molecule has 1 aromatic heterocycles. The highest BCUT2D eigenvalue weighted by Gasteiger charge is 2.40. The number of hydrogen-bond donors (Lipinski definition) is 2. The second-order valence-corrected chi connectivity index (χ2v) is 8.14. The number of anilines is 1. The Morgan fingerprint density at radius 2 is 1.88 bits per heavy atom. The lowest BCUT2D eigenvalue weighted by molar-refractivity contribution is -0.141. The molecule has 1 aromatic carbocycles. The van der Waals surface area contributed by atoms with Gasteiger partial charge in [0.05, 0.1) is 11.8 Å². The molecular formula is C20H19Cl2F3N4O3. The minimum Gasteiger partial charge on any atom is -0.391 e. The summed E-state index contributed by atoms with van der Waals surface area (Å²) in [7, 11) is 1.56. The van der Waals surface area contributed by atoms with Crippen molar-refractivity contribution < 1.29 is 27.9 Å². The quantitative estimate of drug-likeness (QED) is 0.633. The summed E-state index contributed by atoms with van der Waals surface area (Å²) >= 11 is 11.7. The van der Waals surface area contributed by atoms with Gasteiger partial charge in [0.2, 0.25) is 5.91 Å². The summed E-state index contributed by atoms with van der Waals surface area (Å²) in [6.45, 7) is 0.134. The molecule has 172 valence electrons. The van der Waals surface area contributed by atoms with Gasteiger partial charge in [-0.25, -0.2) is 9.78 Å². The standard InChI is InChI=1S/C20H19Cl2F3N4O3/c1-28(9-11-2-4-12(21)5-3-11)18(31)15-8-13(30)10-29(15)19(32)26-14-6-7-16(20(23,24)25)27-17(14)22/h2-7,13,15,30H,8-10H2,1H3,(H,26,32)/t13-,15?/m0/s1. The van der Waals surface area contributed by atoms with Crippen molar-refractivity contribution in [2.45, 2.75) is 31.3 Å². The number of pyridine rings is 1. The summed E-state index contributed by atoms with van der Waals surface area (Å²) in [5, 5.41) is 12.4. The number of nitrogens with one attached hydrogen (secondary N) is 1. The number of nitrogens with zero attached hydrogens (tertiary/aromatic N) is 3. The molecule has 1 aliphatic rings. The van der Waals surface area contributed by atoms with Crippen molar-refractivity contribution in [3.8, 4) is 0 Å². The molecule has 1 unspecified atom stereocenters. The van der Waals surface area contributed by atoms with Crippen molar-refractivity contribution in [3.63, 3.8) is 0 Å². The van der Waals surface area contributed by atoms with Crippen LogP contribution in [0.15, 0.2) is 36.4 Å². The number of amides is 3. The van der Waals surface area contributed by atoms with Crippen LogP contribution in [0.25, 0.3) is 0 Å². The van der Waals surface area contributed by atoms with Crippen LogP contribution < -0.4 is 5.32 Å². The van der Waals surface area contributed by atoms with E-state index >= 15 is 0 Å². The molecule has 3 amide bonds. The average Bonchev–Trinajstić information content (AvgIpc) is 3.11. The average molecular weight is 491 g/mol. The number of carbonyl (C=O) groups excluding carboxylic acids is 2. The van der Waals surface area contributed by atoms with Crippen LogP contribution in [-0.2, 0) is 17.5 Å². The molecule has 3 rings (SSSR count). The van der Waals surface area contributed by atoms with Gasteiger partial charge in [0.25, 0.3) is 0 Å². The highest BCUT2D eigenvalue weighted by atomic mass is 35.5. The summed E-state index contributed by atoms with van der Waals surface area (Å²) in [6, 6.07) is 6.83. The second-order valence-electron chi connectivity index (χ2n) is 7.34. The number of aliphatic hydroxyl groups excluding tert-OH is 1. The molecule has 1 aliphatic heterocycles.